The van der Waals surface area contributed by atoms with Crippen molar-refractivity contribution < 1.29 is 4.79 Å². The van der Waals surface area contributed by atoms with Crippen molar-refractivity contribution in [1.29, 1.82) is 0 Å². The standard InChI is InChI=1S/C20H20N2OS/c1-3-15-12-16-6-4-5-7-18(16)22-20(15)24-13-19(23)21-17-10-8-14(2)9-11-17/h4-12H,3,13H2,1-2H3,(H,21,23). The molecule has 0 atom stereocenters. The molecule has 0 aliphatic carbocycles. The SMILES string of the molecule is CCc1cc2ccccc2nc1SCC(=O)Nc1ccc(C)cc1. The minimum atomic E-state index is -0.0131. The third-order valence-corrected chi connectivity index (χ3v) is 4.85. The van der Waals surface area contributed by atoms with Crippen LogP contribution in [-0.2, 0) is 11.2 Å². The number of benzene rings is 2. The summed E-state index contributed by atoms with van der Waals surface area (Å²) in [4.78, 5) is 16.9. The first kappa shape index (κ1) is 16.5. The summed E-state index contributed by atoms with van der Waals surface area (Å²) < 4.78 is 0. The Morgan fingerprint density at radius 1 is 1.12 bits per heavy atom. The van der Waals surface area contributed by atoms with Gasteiger partial charge < -0.3 is 5.32 Å². The van der Waals surface area contributed by atoms with E-state index in [9.17, 15) is 4.79 Å². The summed E-state index contributed by atoms with van der Waals surface area (Å²) in [6.07, 6.45) is 0.903. The van der Waals surface area contributed by atoms with Gasteiger partial charge in [0.15, 0.2) is 0 Å². The third kappa shape index (κ3) is 3.95. The van der Waals surface area contributed by atoms with E-state index in [2.05, 4.69) is 24.4 Å². The molecule has 4 heteroatoms. The molecule has 0 radical (unpaired) electrons. The second-order valence-electron chi connectivity index (χ2n) is 5.70. The maximum Gasteiger partial charge on any atom is 0.234 e. The van der Waals surface area contributed by atoms with Gasteiger partial charge in [-0.1, -0.05) is 54.6 Å². The molecule has 0 bridgehead atoms. The molecule has 0 fully saturated rings. The van der Waals surface area contributed by atoms with Crippen molar-refractivity contribution >= 4 is 34.3 Å². The lowest BCUT2D eigenvalue weighted by atomic mass is 10.1. The van der Waals surface area contributed by atoms with Crippen LogP contribution in [0, 0.1) is 6.92 Å². The van der Waals surface area contributed by atoms with Gasteiger partial charge in [0.1, 0.15) is 5.03 Å². The lowest BCUT2D eigenvalue weighted by Crippen LogP contribution is -2.14. The van der Waals surface area contributed by atoms with Crippen LogP contribution in [0.25, 0.3) is 10.9 Å². The maximum absolute atomic E-state index is 12.2. The Morgan fingerprint density at radius 3 is 2.62 bits per heavy atom. The van der Waals surface area contributed by atoms with Crippen molar-refractivity contribution in [1.82, 2.24) is 4.98 Å². The summed E-state index contributed by atoms with van der Waals surface area (Å²) >= 11 is 1.49. The Labute approximate surface area is 146 Å². The summed E-state index contributed by atoms with van der Waals surface area (Å²) in [6, 6.07) is 18.1. The fourth-order valence-electron chi connectivity index (χ4n) is 2.49. The van der Waals surface area contributed by atoms with Gasteiger partial charge in [0.2, 0.25) is 5.91 Å². The van der Waals surface area contributed by atoms with E-state index < -0.39 is 0 Å². The smallest absolute Gasteiger partial charge is 0.234 e. The van der Waals surface area contributed by atoms with E-state index in [0.29, 0.717) is 5.75 Å². The number of carbonyl (C=O) groups excluding carboxylic acids is 1. The normalized spacial score (nSPS) is 10.8. The molecule has 0 unspecified atom stereocenters. The van der Waals surface area contributed by atoms with Crippen molar-refractivity contribution in [2.75, 3.05) is 11.1 Å². The largest absolute Gasteiger partial charge is 0.325 e. The highest BCUT2D eigenvalue weighted by atomic mass is 32.2. The van der Waals surface area contributed by atoms with Gasteiger partial charge in [0, 0.05) is 11.1 Å². The maximum atomic E-state index is 12.2. The van der Waals surface area contributed by atoms with Gasteiger partial charge in [0.25, 0.3) is 0 Å². The van der Waals surface area contributed by atoms with Gasteiger partial charge >= 0.3 is 0 Å². The van der Waals surface area contributed by atoms with E-state index in [1.54, 1.807) is 0 Å². The monoisotopic (exact) mass is 336 g/mol. The first-order valence-corrected chi connectivity index (χ1v) is 9.02. The number of fused-ring (bicyclic) bond motifs is 1. The second kappa shape index (κ2) is 7.49. The molecule has 0 saturated carbocycles. The number of pyridine rings is 1. The van der Waals surface area contributed by atoms with Crippen LogP contribution in [0.3, 0.4) is 0 Å². The molecule has 0 saturated heterocycles. The fraction of sp³-hybridized carbons (Fsp3) is 0.200. The Morgan fingerprint density at radius 2 is 1.88 bits per heavy atom. The van der Waals surface area contributed by atoms with Gasteiger partial charge in [-0.05, 0) is 43.2 Å². The third-order valence-electron chi connectivity index (χ3n) is 3.82. The predicted octanol–water partition coefficient (Wildman–Crippen LogP) is 4.84. The number of amides is 1. The predicted molar refractivity (Wildman–Crippen MR) is 102 cm³/mol. The zero-order valence-electron chi connectivity index (χ0n) is 13.9. The summed E-state index contributed by atoms with van der Waals surface area (Å²) in [5, 5.41) is 5.01. The highest BCUT2D eigenvalue weighted by molar-refractivity contribution is 8.00. The Balaban J connectivity index is 1.70. The number of hydrogen-bond donors (Lipinski definition) is 1. The Bertz CT molecular complexity index is 859. The molecule has 2 aromatic carbocycles. The van der Waals surface area contributed by atoms with Crippen LogP contribution in [0.15, 0.2) is 59.6 Å². The second-order valence-corrected chi connectivity index (χ2v) is 6.67. The van der Waals surface area contributed by atoms with Crippen LogP contribution in [0.5, 0.6) is 0 Å². The van der Waals surface area contributed by atoms with Crippen LogP contribution in [0.2, 0.25) is 0 Å². The number of aromatic nitrogens is 1. The molecule has 3 rings (SSSR count). The molecular weight excluding hydrogens is 316 g/mol. The molecule has 0 spiro atoms. The van der Waals surface area contributed by atoms with E-state index in [1.807, 2.05) is 49.4 Å². The number of anilines is 1. The number of nitrogens with one attached hydrogen (secondary N) is 1. The molecule has 24 heavy (non-hydrogen) atoms. The summed E-state index contributed by atoms with van der Waals surface area (Å²) in [7, 11) is 0. The number of thioether (sulfide) groups is 1. The highest BCUT2D eigenvalue weighted by Crippen LogP contribution is 2.25. The fourth-order valence-corrected chi connectivity index (χ4v) is 3.38. The zero-order valence-corrected chi connectivity index (χ0v) is 14.7. The molecule has 122 valence electrons. The Kier molecular flexibility index (Phi) is 5.16. The molecular formula is C20H20N2OS. The van der Waals surface area contributed by atoms with Crippen LogP contribution >= 0.6 is 11.8 Å². The van der Waals surface area contributed by atoms with Gasteiger partial charge in [-0.3, -0.25) is 4.79 Å². The minimum Gasteiger partial charge on any atom is -0.325 e. The minimum absolute atomic E-state index is 0.0131. The quantitative estimate of drug-likeness (QED) is 0.678. The van der Waals surface area contributed by atoms with Gasteiger partial charge in [-0.15, -0.1) is 0 Å². The van der Waals surface area contributed by atoms with Crippen molar-refractivity contribution in [2.24, 2.45) is 0 Å². The average Bonchev–Trinajstić information content (AvgIpc) is 2.61. The van der Waals surface area contributed by atoms with Crippen molar-refractivity contribution in [3.63, 3.8) is 0 Å². The van der Waals surface area contributed by atoms with E-state index in [0.717, 1.165) is 28.0 Å². The molecule has 0 aliphatic rings. The van der Waals surface area contributed by atoms with Crippen molar-refractivity contribution in [3.05, 3.63) is 65.7 Å². The van der Waals surface area contributed by atoms with E-state index in [4.69, 9.17) is 4.98 Å². The summed E-state index contributed by atoms with van der Waals surface area (Å²) in [5.74, 6) is 0.340. The molecule has 1 N–H and O–H groups in total. The molecule has 3 nitrogen and oxygen atoms in total. The topological polar surface area (TPSA) is 42.0 Å². The first-order chi connectivity index (χ1) is 11.7. The van der Waals surface area contributed by atoms with Crippen LogP contribution in [0.4, 0.5) is 5.69 Å². The number of nitrogens with zero attached hydrogens (tertiary/aromatic N) is 1. The van der Waals surface area contributed by atoms with Gasteiger partial charge in [0.05, 0.1) is 11.3 Å². The number of hydrogen-bond acceptors (Lipinski definition) is 3. The van der Waals surface area contributed by atoms with Crippen LogP contribution in [-0.4, -0.2) is 16.6 Å². The van der Waals surface area contributed by atoms with Gasteiger partial charge in [-0.2, -0.15) is 0 Å². The van der Waals surface area contributed by atoms with Gasteiger partial charge in [-0.25, -0.2) is 4.98 Å². The molecule has 0 aliphatic heterocycles. The van der Waals surface area contributed by atoms with Crippen LogP contribution in [0.1, 0.15) is 18.1 Å². The van der Waals surface area contributed by atoms with Crippen molar-refractivity contribution in [3.8, 4) is 0 Å². The number of para-hydroxylation sites is 1. The molecule has 1 aromatic heterocycles. The number of carbonyl (C=O) groups is 1. The molecule has 3 aromatic rings. The van der Waals surface area contributed by atoms with Crippen LogP contribution < -0.4 is 5.32 Å². The summed E-state index contributed by atoms with van der Waals surface area (Å²) in [6.45, 7) is 4.14. The summed E-state index contributed by atoms with van der Waals surface area (Å²) in [5.41, 5.74) is 4.15. The first-order valence-electron chi connectivity index (χ1n) is 8.03. The molecule has 1 amide bonds. The number of rotatable bonds is 5. The van der Waals surface area contributed by atoms with E-state index in [1.165, 1.54) is 22.9 Å². The molecule has 1 heterocycles. The zero-order chi connectivity index (χ0) is 16.9. The van der Waals surface area contributed by atoms with E-state index >= 15 is 0 Å². The highest BCUT2D eigenvalue weighted by Gasteiger charge is 2.09. The average molecular weight is 336 g/mol. The number of aryl methyl sites for hydroxylation is 2. The lowest BCUT2D eigenvalue weighted by molar-refractivity contribution is -0.113. The van der Waals surface area contributed by atoms with E-state index in [-0.39, 0.29) is 5.91 Å². The van der Waals surface area contributed by atoms with Crippen molar-refractivity contribution in [2.45, 2.75) is 25.3 Å². The lowest BCUT2D eigenvalue weighted by Gasteiger charge is -2.09. The Hall–Kier alpha value is -2.33.